The third-order valence-electron chi connectivity index (χ3n) is 2.80. The van der Waals surface area contributed by atoms with Gasteiger partial charge in [-0.15, -0.1) is 10.2 Å². The highest BCUT2D eigenvalue weighted by Gasteiger charge is 2.16. The Morgan fingerprint density at radius 1 is 1.44 bits per heavy atom. The highest BCUT2D eigenvalue weighted by molar-refractivity contribution is 5.37. The zero-order valence-electron chi connectivity index (χ0n) is 8.97. The number of nitrogens with one attached hydrogen (secondary N) is 1. The maximum atomic E-state index is 5.66. The molecule has 0 aromatic carbocycles. The first-order valence-corrected chi connectivity index (χ1v) is 5.54. The Labute approximate surface area is 93.4 Å². The lowest BCUT2D eigenvalue weighted by Crippen LogP contribution is -2.39. The van der Waals surface area contributed by atoms with E-state index in [1.165, 1.54) is 0 Å². The van der Waals surface area contributed by atoms with Crippen molar-refractivity contribution < 1.29 is 4.74 Å². The Kier molecular flexibility index (Phi) is 2.55. The van der Waals surface area contributed by atoms with Crippen molar-refractivity contribution in [2.45, 2.75) is 12.5 Å². The minimum Gasteiger partial charge on any atom is -0.375 e. The third kappa shape index (κ3) is 1.79. The van der Waals surface area contributed by atoms with E-state index in [2.05, 4.69) is 15.5 Å². The number of pyridine rings is 1. The van der Waals surface area contributed by atoms with Crippen LogP contribution < -0.4 is 5.32 Å². The summed E-state index contributed by atoms with van der Waals surface area (Å²) in [4.78, 5) is 0. The molecule has 1 fully saturated rings. The van der Waals surface area contributed by atoms with Gasteiger partial charge in [-0.2, -0.15) is 0 Å². The molecule has 1 N–H and O–H groups in total. The monoisotopic (exact) mass is 218 g/mol. The van der Waals surface area contributed by atoms with Gasteiger partial charge in [-0.25, -0.2) is 0 Å². The van der Waals surface area contributed by atoms with Crippen LogP contribution in [0.25, 0.3) is 5.65 Å². The highest BCUT2D eigenvalue weighted by Crippen LogP contribution is 2.08. The zero-order valence-corrected chi connectivity index (χ0v) is 8.97. The van der Waals surface area contributed by atoms with Gasteiger partial charge in [0.25, 0.3) is 0 Å². The maximum Gasteiger partial charge on any atom is 0.160 e. The van der Waals surface area contributed by atoms with Crippen LogP contribution in [0.1, 0.15) is 5.82 Å². The van der Waals surface area contributed by atoms with E-state index in [0.717, 1.165) is 37.6 Å². The van der Waals surface area contributed by atoms with E-state index in [1.54, 1.807) is 0 Å². The fourth-order valence-electron chi connectivity index (χ4n) is 1.98. The van der Waals surface area contributed by atoms with Crippen molar-refractivity contribution in [1.29, 1.82) is 0 Å². The molecule has 0 amide bonds. The number of fused-ring (bicyclic) bond motifs is 1. The van der Waals surface area contributed by atoms with E-state index in [0.29, 0.717) is 0 Å². The van der Waals surface area contributed by atoms with E-state index < -0.39 is 0 Å². The van der Waals surface area contributed by atoms with E-state index in [-0.39, 0.29) is 6.10 Å². The molecule has 2 aromatic heterocycles. The van der Waals surface area contributed by atoms with Gasteiger partial charge in [0.05, 0.1) is 12.7 Å². The number of hydrogen-bond donors (Lipinski definition) is 1. The molecule has 84 valence electrons. The largest absolute Gasteiger partial charge is 0.375 e. The van der Waals surface area contributed by atoms with Crippen LogP contribution in [0.5, 0.6) is 0 Å². The van der Waals surface area contributed by atoms with Gasteiger partial charge in [-0.05, 0) is 12.1 Å². The number of nitrogens with zero attached hydrogens (tertiary/aromatic N) is 3. The van der Waals surface area contributed by atoms with Gasteiger partial charge < -0.3 is 10.1 Å². The maximum absolute atomic E-state index is 5.66. The van der Waals surface area contributed by atoms with Crippen molar-refractivity contribution in [2.24, 2.45) is 0 Å². The standard InChI is InChI=1S/C11H14N4O/c1-2-5-15-10(3-1)13-14-11(15)7-9-8-12-4-6-16-9/h1-3,5,9,12H,4,6-8H2. The summed E-state index contributed by atoms with van der Waals surface area (Å²) in [5.41, 5.74) is 0.890. The number of ether oxygens (including phenoxy) is 1. The van der Waals surface area contributed by atoms with Crippen molar-refractivity contribution in [1.82, 2.24) is 19.9 Å². The molecule has 0 aliphatic carbocycles. The molecule has 1 aliphatic rings. The first-order valence-electron chi connectivity index (χ1n) is 5.54. The number of rotatable bonds is 2. The van der Waals surface area contributed by atoms with E-state index in [1.807, 2.05) is 28.8 Å². The highest BCUT2D eigenvalue weighted by atomic mass is 16.5. The molecule has 16 heavy (non-hydrogen) atoms. The summed E-state index contributed by atoms with van der Waals surface area (Å²) < 4.78 is 7.67. The molecule has 3 rings (SSSR count). The van der Waals surface area contributed by atoms with Crippen LogP contribution in [0.15, 0.2) is 24.4 Å². The van der Waals surface area contributed by atoms with Crippen LogP contribution in [-0.2, 0) is 11.2 Å². The Bertz CT molecular complexity index is 476. The normalized spacial score (nSPS) is 21.4. The van der Waals surface area contributed by atoms with Crippen LogP contribution in [0.4, 0.5) is 0 Å². The van der Waals surface area contributed by atoms with Gasteiger partial charge in [-0.3, -0.25) is 4.40 Å². The minimum absolute atomic E-state index is 0.210. The molecule has 3 heterocycles. The van der Waals surface area contributed by atoms with Crippen LogP contribution in [-0.4, -0.2) is 40.4 Å². The second kappa shape index (κ2) is 4.19. The summed E-state index contributed by atoms with van der Waals surface area (Å²) in [5, 5.41) is 11.6. The first-order chi connectivity index (χ1) is 7.93. The molecule has 1 unspecified atom stereocenters. The van der Waals surface area contributed by atoms with E-state index in [4.69, 9.17) is 4.74 Å². The molecular formula is C11H14N4O. The lowest BCUT2D eigenvalue weighted by molar-refractivity contribution is 0.0279. The predicted octanol–water partition coefficient (Wildman–Crippen LogP) is 0.260. The fourth-order valence-corrected chi connectivity index (χ4v) is 1.98. The molecule has 2 aromatic rings. The minimum atomic E-state index is 0.210. The Balaban J connectivity index is 1.83. The Morgan fingerprint density at radius 3 is 3.31 bits per heavy atom. The molecular weight excluding hydrogens is 204 g/mol. The lowest BCUT2D eigenvalue weighted by atomic mass is 10.2. The van der Waals surface area contributed by atoms with Crippen molar-refractivity contribution >= 4 is 5.65 Å². The van der Waals surface area contributed by atoms with E-state index >= 15 is 0 Å². The van der Waals surface area contributed by atoms with Gasteiger partial charge in [0.1, 0.15) is 5.82 Å². The molecule has 0 bridgehead atoms. The molecule has 1 atom stereocenters. The summed E-state index contributed by atoms with van der Waals surface area (Å²) in [5.74, 6) is 0.962. The molecule has 1 aliphatic heterocycles. The van der Waals surface area contributed by atoms with Gasteiger partial charge in [-0.1, -0.05) is 6.07 Å². The van der Waals surface area contributed by atoms with Crippen molar-refractivity contribution in [3.8, 4) is 0 Å². The summed E-state index contributed by atoms with van der Waals surface area (Å²) in [6.07, 6.45) is 3.00. The number of hydrogen-bond acceptors (Lipinski definition) is 4. The van der Waals surface area contributed by atoms with Crippen molar-refractivity contribution in [2.75, 3.05) is 19.7 Å². The van der Waals surface area contributed by atoms with Gasteiger partial charge in [0, 0.05) is 25.7 Å². The number of aromatic nitrogens is 3. The second-order valence-electron chi connectivity index (χ2n) is 3.95. The molecule has 5 nitrogen and oxygen atoms in total. The first kappa shape index (κ1) is 9.74. The van der Waals surface area contributed by atoms with Crippen molar-refractivity contribution in [3.63, 3.8) is 0 Å². The van der Waals surface area contributed by atoms with Gasteiger partial charge in [0.15, 0.2) is 5.65 Å². The Morgan fingerprint density at radius 2 is 2.44 bits per heavy atom. The smallest absolute Gasteiger partial charge is 0.160 e. The fraction of sp³-hybridized carbons (Fsp3) is 0.455. The number of morpholine rings is 1. The van der Waals surface area contributed by atoms with Crippen LogP contribution >= 0.6 is 0 Å². The topological polar surface area (TPSA) is 51.5 Å². The third-order valence-corrected chi connectivity index (χ3v) is 2.80. The molecule has 5 heteroatoms. The van der Waals surface area contributed by atoms with Crippen molar-refractivity contribution in [3.05, 3.63) is 30.2 Å². The molecule has 0 spiro atoms. The lowest BCUT2D eigenvalue weighted by Gasteiger charge is -2.22. The van der Waals surface area contributed by atoms with Gasteiger partial charge >= 0.3 is 0 Å². The summed E-state index contributed by atoms with van der Waals surface area (Å²) in [7, 11) is 0. The molecule has 1 saturated heterocycles. The zero-order chi connectivity index (χ0) is 10.8. The van der Waals surface area contributed by atoms with Crippen LogP contribution in [0, 0.1) is 0 Å². The average molecular weight is 218 g/mol. The van der Waals surface area contributed by atoms with Crippen LogP contribution in [0.3, 0.4) is 0 Å². The predicted molar refractivity (Wildman–Crippen MR) is 59.3 cm³/mol. The Hall–Kier alpha value is -1.46. The summed E-state index contributed by atoms with van der Waals surface area (Å²) in [6, 6.07) is 5.91. The summed E-state index contributed by atoms with van der Waals surface area (Å²) in [6.45, 7) is 2.61. The average Bonchev–Trinajstić information content (AvgIpc) is 2.74. The second-order valence-corrected chi connectivity index (χ2v) is 3.95. The van der Waals surface area contributed by atoms with E-state index in [9.17, 15) is 0 Å². The van der Waals surface area contributed by atoms with Crippen LogP contribution in [0.2, 0.25) is 0 Å². The van der Waals surface area contributed by atoms with Gasteiger partial charge in [0.2, 0.25) is 0 Å². The summed E-state index contributed by atoms with van der Waals surface area (Å²) >= 11 is 0. The SMILES string of the molecule is c1ccn2c(CC3CNCCO3)nnc2c1. The quantitative estimate of drug-likeness (QED) is 0.785. The molecule has 0 saturated carbocycles. The molecule has 0 radical (unpaired) electrons.